The third kappa shape index (κ3) is 2.46. The monoisotopic (exact) mass is 326 g/mol. The first-order valence-corrected chi connectivity index (χ1v) is 7.42. The zero-order valence-electron chi connectivity index (χ0n) is 14.0. The first-order chi connectivity index (χ1) is 11.5. The first kappa shape index (κ1) is 15.9. The molecule has 0 spiro atoms. The van der Waals surface area contributed by atoms with Crippen LogP contribution in [0.25, 0.3) is 22.6 Å². The first-order valence-electron chi connectivity index (χ1n) is 7.42. The molecule has 24 heavy (non-hydrogen) atoms. The lowest BCUT2D eigenvalue weighted by atomic mass is 10.0. The van der Waals surface area contributed by atoms with Gasteiger partial charge in [-0.15, -0.1) is 4.73 Å². The molecule has 0 aromatic heterocycles. The Morgan fingerprint density at radius 1 is 1.08 bits per heavy atom. The normalized spacial score (nSPS) is 10.8. The molecule has 1 aliphatic carbocycles. The number of hydrogen-bond donors (Lipinski definition) is 1. The SMILES string of the molecule is COc1c2ccc(=O)cc-2nc(-c2cc(C)c(O)c(C)c2)n1OC. The van der Waals surface area contributed by atoms with E-state index in [1.807, 2.05) is 26.0 Å². The van der Waals surface area contributed by atoms with Crippen molar-refractivity contribution in [1.29, 1.82) is 0 Å². The van der Waals surface area contributed by atoms with Crippen LogP contribution < -0.4 is 15.0 Å². The maximum absolute atomic E-state index is 11.7. The maximum Gasteiger partial charge on any atom is 0.239 e. The van der Waals surface area contributed by atoms with E-state index in [9.17, 15) is 9.90 Å². The molecule has 124 valence electrons. The van der Waals surface area contributed by atoms with Crippen LogP contribution >= 0.6 is 0 Å². The van der Waals surface area contributed by atoms with Crippen LogP contribution in [-0.2, 0) is 0 Å². The number of rotatable bonds is 3. The molecule has 6 heteroatoms. The number of methoxy groups -OCH3 is 1. The zero-order valence-corrected chi connectivity index (χ0v) is 14.0. The summed E-state index contributed by atoms with van der Waals surface area (Å²) in [5, 5.41) is 9.99. The topological polar surface area (TPSA) is 73.6 Å². The van der Waals surface area contributed by atoms with Gasteiger partial charge in [-0.2, -0.15) is 0 Å². The summed E-state index contributed by atoms with van der Waals surface area (Å²) >= 11 is 0. The number of nitrogens with zero attached hydrogens (tertiary/aromatic N) is 2. The van der Waals surface area contributed by atoms with Crippen LogP contribution in [0.4, 0.5) is 0 Å². The van der Waals surface area contributed by atoms with Crippen LogP contribution in [0.1, 0.15) is 11.1 Å². The van der Waals surface area contributed by atoms with Gasteiger partial charge >= 0.3 is 0 Å². The molecule has 0 saturated carbocycles. The van der Waals surface area contributed by atoms with E-state index >= 15 is 0 Å². The highest BCUT2D eigenvalue weighted by Crippen LogP contribution is 2.35. The van der Waals surface area contributed by atoms with Gasteiger partial charge in [0.25, 0.3) is 0 Å². The molecule has 0 unspecified atom stereocenters. The number of ether oxygens (including phenoxy) is 1. The van der Waals surface area contributed by atoms with Gasteiger partial charge in [0.15, 0.2) is 11.3 Å². The van der Waals surface area contributed by atoms with Gasteiger partial charge in [-0.1, -0.05) is 0 Å². The molecule has 0 amide bonds. The lowest BCUT2D eigenvalue weighted by molar-refractivity contribution is 0.138. The van der Waals surface area contributed by atoms with E-state index in [4.69, 9.17) is 9.57 Å². The molecular formula is C18H18N2O4. The minimum atomic E-state index is -0.128. The van der Waals surface area contributed by atoms with Crippen molar-refractivity contribution >= 4 is 0 Å². The van der Waals surface area contributed by atoms with Crippen molar-refractivity contribution in [2.45, 2.75) is 13.8 Å². The van der Waals surface area contributed by atoms with Gasteiger partial charge in [0.05, 0.1) is 18.4 Å². The van der Waals surface area contributed by atoms with E-state index in [1.165, 1.54) is 31.1 Å². The second-order valence-corrected chi connectivity index (χ2v) is 5.56. The number of hydrogen-bond acceptors (Lipinski definition) is 5. The predicted octanol–water partition coefficient (Wildman–Crippen LogP) is 2.40. The van der Waals surface area contributed by atoms with Crippen molar-refractivity contribution < 1.29 is 14.7 Å². The largest absolute Gasteiger partial charge is 0.507 e. The summed E-state index contributed by atoms with van der Waals surface area (Å²) in [4.78, 5) is 21.7. The number of aromatic hydroxyl groups is 1. The van der Waals surface area contributed by atoms with Gasteiger partial charge < -0.3 is 14.7 Å². The molecule has 1 N–H and O–H groups in total. The van der Waals surface area contributed by atoms with E-state index in [0.717, 1.165) is 16.7 Å². The van der Waals surface area contributed by atoms with E-state index in [0.29, 0.717) is 23.0 Å². The highest BCUT2D eigenvalue weighted by molar-refractivity contribution is 5.72. The van der Waals surface area contributed by atoms with Crippen molar-refractivity contribution in [1.82, 2.24) is 9.71 Å². The summed E-state index contributed by atoms with van der Waals surface area (Å²) in [5.41, 5.74) is 3.27. The van der Waals surface area contributed by atoms with Gasteiger partial charge in [0.1, 0.15) is 12.9 Å². The van der Waals surface area contributed by atoms with Crippen molar-refractivity contribution in [3.8, 4) is 34.3 Å². The molecule has 6 nitrogen and oxygen atoms in total. The number of fused-ring (bicyclic) bond motifs is 1. The summed E-state index contributed by atoms with van der Waals surface area (Å²) in [6, 6.07) is 8.21. The second kappa shape index (κ2) is 5.88. The summed E-state index contributed by atoms with van der Waals surface area (Å²) in [7, 11) is 3.05. The summed E-state index contributed by atoms with van der Waals surface area (Å²) in [5.74, 6) is 1.18. The van der Waals surface area contributed by atoms with Crippen LogP contribution in [-0.4, -0.2) is 29.0 Å². The van der Waals surface area contributed by atoms with Gasteiger partial charge in [-0.3, -0.25) is 4.79 Å². The zero-order chi connectivity index (χ0) is 17.4. The predicted molar refractivity (Wildman–Crippen MR) is 90.7 cm³/mol. The third-order valence-corrected chi connectivity index (χ3v) is 3.93. The molecule has 0 atom stereocenters. The fourth-order valence-electron chi connectivity index (χ4n) is 2.78. The Balaban J connectivity index is 2.39. The number of benzene rings is 2. The van der Waals surface area contributed by atoms with Gasteiger partial charge in [-0.05, 0) is 49.2 Å². The van der Waals surface area contributed by atoms with Gasteiger partial charge in [0.2, 0.25) is 5.88 Å². The molecule has 2 aliphatic rings. The highest BCUT2D eigenvalue weighted by atomic mass is 16.7. The molecular weight excluding hydrogens is 308 g/mol. The molecule has 1 heterocycles. The molecule has 1 aromatic rings. The Morgan fingerprint density at radius 2 is 1.75 bits per heavy atom. The Kier molecular flexibility index (Phi) is 3.89. The van der Waals surface area contributed by atoms with Crippen LogP contribution in [0.3, 0.4) is 0 Å². The van der Waals surface area contributed by atoms with Gasteiger partial charge in [0, 0.05) is 11.6 Å². The number of phenols is 1. The Labute approximate surface area is 139 Å². The third-order valence-electron chi connectivity index (χ3n) is 3.93. The standard InChI is InChI=1S/C18H18N2O4/c1-10-7-12(8-11(2)16(10)22)17-19-15-9-13(21)5-6-14(15)18(23-3)20(17)24-4/h5-9,22H,1-4H3. The van der Waals surface area contributed by atoms with E-state index in [2.05, 4.69) is 4.98 Å². The molecule has 1 aliphatic heterocycles. The second-order valence-electron chi connectivity index (χ2n) is 5.56. The average Bonchev–Trinajstić information content (AvgIpc) is 2.57. The van der Waals surface area contributed by atoms with Crippen LogP contribution in [0.15, 0.2) is 35.1 Å². The van der Waals surface area contributed by atoms with Gasteiger partial charge in [-0.25, -0.2) is 4.98 Å². The van der Waals surface area contributed by atoms with Crippen molar-refractivity contribution in [2.24, 2.45) is 0 Å². The van der Waals surface area contributed by atoms with Crippen LogP contribution in [0.2, 0.25) is 0 Å². The smallest absolute Gasteiger partial charge is 0.239 e. The number of aromatic nitrogens is 2. The minimum Gasteiger partial charge on any atom is -0.507 e. The van der Waals surface area contributed by atoms with E-state index in [-0.39, 0.29) is 11.2 Å². The van der Waals surface area contributed by atoms with Crippen molar-refractivity contribution in [2.75, 3.05) is 14.2 Å². The van der Waals surface area contributed by atoms with Crippen LogP contribution in [0, 0.1) is 13.8 Å². The molecule has 3 rings (SSSR count). The Morgan fingerprint density at radius 3 is 2.33 bits per heavy atom. The molecule has 1 aromatic carbocycles. The summed E-state index contributed by atoms with van der Waals surface area (Å²) < 4.78 is 6.95. The van der Waals surface area contributed by atoms with E-state index in [1.54, 1.807) is 6.07 Å². The quantitative estimate of drug-likeness (QED) is 0.800. The number of aryl methyl sites for hydroxylation is 2. The molecule has 0 fully saturated rings. The Hall–Kier alpha value is -3.02. The van der Waals surface area contributed by atoms with Crippen molar-refractivity contribution in [3.63, 3.8) is 0 Å². The molecule has 0 bridgehead atoms. The summed E-state index contributed by atoms with van der Waals surface area (Å²) in [6.07, 6.45) is 0. The lowest BCUT2D eigenvalue weighted by Gasteiger charge is -2.20. The van der Waals surface area contributed by atoms with Crippen LogP contribution in [0.5, 0.6) is 11.6 Å². The highest BCUT2D eigenvalue weighted by Gasteiger charge is 2.21. The minimum absolute atomic E-state index is 0.128. The fourth-order valence-corrected chi connectivity index (χ4v) is 2.78. The summed E-state index contributed by atoms with van der Waals surface area (Å²) in [6.45, 7) is 3.63. The van der Waals surface area contributed by atoms with E-state index < -0.39 is 0 Å². The Bertz CT molecular complexity index is 923. The number of phenolic OH excluding ortho intramolecular Hbond substituents is 1. The fraction of sp³-hybridized carbons (Fsp3) is 0.222. The average molecular weight is 326 g/mol. The molecule has 0 radical (unpaired) electrons. The molecule has 0 saturated heterocycles. The van der Waals surface area contributed by atoms with Crippen molar-refractivity contribution in [3.05, 3.63) is 51.7 Å². The maximum atomic E-state index is 11.7. The lowest BCUT2D eigenvalue weighted by Crippen LogP contribution is -2.17.